The van der Waals surface area contributed by atoms with E-state index >= 15 is 0 Å². The Morgan fingerprint density at radius 3 is 2.85 bits per heavy atom. The molecule has 0 aliphatic carbocycles. The van der Waals surface area contributed by atoms with Gasteiger partial charge < -0.3 is 4.90 Å². The highest BCUT2D eigenvalue weighted by Crippen LogP contribution is 2.42. The lowest BCUT2D eigenvalue weighted by atomic mass is 9.95. The van der Waals surface area contributed by atoms with Crippen molar-refractivity contribution >= 4 is 16.9 Å². The number of carbonyl (C=O) groups is 1. The van der Waals surface area contributed by atoms with Gasteiger partial charge in [0.05, 0.1) is 17.1 Å². The van der Waals surface area contributed by atoms with Crippen LogP contribution in [0.1, 0.15) is 41.2 Å². The molecule has 3 aromatic rings. The summed E-state index contributed by atoms with van der Waals surface area (Å²) in [7, 11) is 0. The SMILES string of the molecule is O=C1c2cccc(-n3c(=O)[nH]c4ncccc4c3=O)c2C2CCCCN12. The van der Waals surface area contributed by atoms with Crippen molar-refractivity contribution in [3.63, 3.8) is 0 Å². The van der Waals surface area contributed by atoms with Crippen LogP contribution in [0.2, 0.25) is 0 Å². The molecular formula is C19H16N4O3. The van der Waals surface area contributed by atoms with Crippen LogP contribution in [0, 0.1) is 0 Å². The first-order chi connectivity index (χ1) is 12.7. The van der Waals surface area contributed by atoms with Crippen molar-refractivity contribution in [2.24, 2.45) is 0 Å². The number of H-pyrrole nitrogens is 1. The Morgan fingerprint density at radius 1 is 1.08 bits per heavy atom. The number of nitrogens with zero attached hydrogens (tertiary/aromatic N) is 3. The monoisotopic (exact) mass is 348 g/mol. The van der Waals surface area contributed by atoms with Gasteiger partial charge in [-0.1, -0.05) is 6.07 Å². The van der Waals surface area contributed by atoms with Gasteiger partial charge in [0.2, 0.25) is 0 Å². The van der Waals surface area contributed by atoms with Crippen molar-refractivity contribution < 1.29 is 4.79 Å². The molecule has 130 valence electrons. The van der Waals surface area contributed by atoms with Gasteiger partial charge in [-0.3, -0.25) is 14.6 Å². The molecule has 1 unspecified atom stereocenters. The third kappa shape index (κ3) is 1.94. The molecule has 0 radical (unpaired) electrons. The molecule has 4 heterocycles. The van der Waals surface area contributed by atoms with Crippen LogP contribution in [0.15, 0.2) is 46.1 Å². The van der Waals surface area contributed by atoms with Gasteiger partial charge in [0, 0.05) is 23.9 Å². The summed E-state index contributed by atoms with van der Waals surface area (Å²) in [5, 5.41) is 0.342. The zero-order valence-electron chi connectivity index (χ0n) is 13.9. The van der Waals surface area contributed by atoms with E-state index in [2.05, 4.69) is 9.97 Å². The van der Waals surface area contributed by atoms with Crippen LogP contribution in [0.4, 0.5) is 0 Å². The molecule has 2 aliphatic rings. The molecule has 26 heavy (non-hydrogen) atoms. The number of carbonyl (C=O) groups excluding carboxylic acids is 1. The van der Waals surface area contributed by atoms with Gasteiger partial charge >= 0.3 is 5.69 Å². The zero-order valence-corrected chi connectivity index (χ0v) is 13.9. The van der Waals surface area contributed by atoms with Crippen LogP contribution in [0.5, 0.6) is 0 Å². The molecule has 2 aromatic heterocycles. The summed E-state index contributed by atoms with van der Waals surface area (Å²) >= 11 is 0. The largest absolute Gasteiger partial charge is 0.334 e. The Balaban J connectivity index is 1.83. The molecule has 7 heteroatoms. The number of hydrogen-bond donors (Lipinski definition) is 1. The first-order valence-corrected chi connectivity index (χ1v) is 8.71. The number of hydrogen-bond acceptors (Lipinski definition) is 4. The minimum absolute atomic E-state index is 0.0153. The molecule has 2 aliphatic heterocycles. The fourth-order valence-electron chi connectivity index (χ4n) is 4.18. The summed E-state index contributed by atoms with van der Waals surface area (Å²) in [5.74, 6) is -0.0153. The number of fused-ring (bicyclic) bond motifs is 4. The van der Waals surface area contributed by atoms with E-state index in [4.69, 9.17) is 0 Å². The van der Waals surface area contributed by atoms with Crippen LogP contribution in [0.25, 0.3) is 16.7 Å². The van der Waals surface area contributed by atoms with Crippen molar-refractivity contribution in [1.29, 1.82) is 0 Å². The van der Waals surface area contributed by atoms with Crippen molar-refractivity contribution in [2.45, 2.75) is 25.3 Å². The molecule has 1 amide bonds. The summed E-state index contributed by atoms with van der Waals surface area (Å²) in [5.41, 5.74) is 1.16. The Bertz CT molecular complexity index is 1180. The molecule has 5 rings (SSSR count). The first-order valence-electron chi connectivity index (χ1n) is 8.71. The van der Waals surface area contributed by atoms with E-state index in [0.29, 0.717) is 23.2 Å². The molecule has 0 spiro atoms. The number of aromatic nitrogens is 3. The summed E-state index contributed by atoms with van der Waals surface area (Å²) in [4.78, 5) is 47.0. The lowest BCUT2D eigenvalue weighted by Gasteiger charge is -2.30. The number of aromatic amines is 1. The molecule has 1 fully saturated rings. The van der Waals surface area contributed by atoms with Gasteiger partial charge in [0.1, 0.15) is 5.65 Å². The summed E-state index contributed by atoms with van der Waals surface area (Å²) in [6.07, 6.45) is 4.38. The van der Waals surface area contributed by atoms with Gasteiger partial charge in [0.15, 0.2) is 0 Å². The van der Waals surface area contributed by atoms with Gasteiger partial charge in [-0.05, 0) is 43.5 Å². The quantitative estimate of drug-likeness (QED) is 0.726. The van der Waals surface area contributed by atoms with Crippen LogP contribution in [-0.4, -0.2) is 31.9 Å². The normalized spacial score (nSPS) is 18.8. The van der Waals surface area contributed by atoms with Crippen LogP contribution >= 0.6 is 0 Å². The molecule has 1 aromatic carbocycles. The standard InChI is InChI=1S/C19H16N4O3/c24-17-11-5-3-8-14(15(11)13-7-1-2-10-22(13)17)23-18(25)12-6-4-9-20-16(12)21-19(23)26/h3-6,8-9,13H,1-2,7,10H2,(H,20,21,26). The third-order valence-electron chi connectivity index (χ3n) is 5.32. The minimum atomic E-state index is -0.545. The summed E-state index contributed by atoms with van der Waals surface area (Å²) < 4.78 is 1.13. The Kier molecular flexibility index (Phi) is 3.12. The van der Waals surface area contributed by atoms with E-state index in [1.165, 1.54) is 6.20 Å². The molecule has 1 atom stereocenters. The van der Waals surface area contributed by atoms with Crippen LogP contribution < -0.4 is 11.2 Å². The maximum atomic E-state index is 13.0. The second-order valence-corrected chi connectivity index (χ2v) is 6.72. The lowest BCUT2D eigenvalue weighted by molar-refractivity contribution is 0.0672. The van der Waals surface area contributed by atoms with Crippen molar-refractivity contribution in [3.8, 4) is 5.69 Å². The summed E-state index contributed by atoms with van der Waals surface area (Å²) in [6.45, 7) is 0.713. The van der Waals surface area contributed by atoms with E-state index in [9.17, 15) is 14.4 Å². The van der Waals surface area contributed by atoms with Crippen LogP contribution in [-0.2, 0) is 0 Å². The van der Waals surface area contributed by atoms with E-state index in [0.717, 1.165) is 29.4 Å². The van der Waals surface area contributed by atoms with E-state index in [1.807, 2.05) is 4.90 Å². The number of amides is 1. The fraction of sp³-hybridized carbons (Fsp3) is 0.263. The maximum Gasteiger partial charge on any atom is 0.334 e. The Hall–Kier alpha value is -3.22. The molecule has 1 saturated heterocycles. The predicted molar refractivity (Wildman–Crippen MR) is 95.6 cm³/mol. The molecule has 1 N–H and O–H groups in total. The second kappa shape index (κ2) is 5.39. The van der Waals surface area contributed by atoms with Gasteiger partial charge in [-0.15, -0.1) is 0 Å². The predicted octanol–water partition coefficient (Wildman–Crippen LogP) is 1.75. The maximum absolute atomic E-state index is 13.0. The number of pyridine rings is 1. The number of rotatable bonds is 1. The average Bonchev–Trinajstić information content (AvgIpc) is 2.96. The highest BCUT2D eigenvalue weighted by molar-refractivity contribution is 6.00. The lowest BCUT2D eigenvalue weighted by Crippen LogP contribution is -2.35. The Morgan fingerprint density at radius 2 is 1.96 bits per heavy atom. The average molecular weight is 348 g/mol. The van der Waals surface area contributed by atoms with Crippen molar-refractivity contribution in [1.82, 2.24) is 19.4 Å². The second-order valence-electron chi connectivity index (χ2n) is 6.72. The minimum Gasteiger partial charge on any atom is -0.331 e. The van der Waals surface area contributed by atoms with Crippen molar-refractivity contribution in [3.05, 3.63) is 68.5 Å². The highest BCUT2D eigenvalue weighted by Gasteiger charge is 2.40. The smallest absolute Gasteiger partial charge is 0.331 e. The first kappa shape index (κ1) is 15.1. The number of benzene rings is 1. The third-order valence-corrected chi connectivity index (χ3v) is 5.32. The highest BCUT2D eigenvalue weighted by atomic mass is 16.2. The van der Waals surface area contributed by atoms with Gasteiger partial charge in [-0.25, -0.2) is 14.3 Å². The molecule has 0 saturated carbocycles. The van der Waals surface area contributed by atoms with E-state index < -0.39 is 11.2 Å². The fourth-order valence-corrected chi connectivity index (χ4v) is 4.18. The molecule has 7 nitrogen and oxygen atoms in total. The van der Waals surface area contributed by atoms with E-state index in [-0.39, 0.29) is 17.6 Å². The topological polar surface area (TPSA) is 88.1 Å². The zero-order chi connectivity index (χ0) is 17.8. The molecular weight excluding hydrogens is 332 g/mol. The van der Waals surface area contributed by atoms with E-state index in [1.54, 1.807) is 30.3 Å². The van der Waals surface area contributed by atoms with Crippen molar-refractivity contribution in [2.75, 3.05) is 6.54 Å². The molecule has 0 bridgehead atoms. The number of nitrogens with one attached hydrogen (secondary N) is 1. The van der Waals surface area contributed by atoms with Gasteiger partial charge in [0.25, 0.3) is 11.5 Å². The van der Waals surface area contributed by atoms with Crippen LogP contribution in [0.3, 0.4) is 0 Å². The number of piperidine rings is 1. The Labute approximate surface area is 147 Å². The summed E-state index contributed by atoms with van der Waals surface area (Å²) in [6, 6.07) is 8.47. The van der Waals surface area contributed by atoms with Gasteiger partial charge in [-0.2, -0.15) is 0 Å².